The molecule has 0 aliphatic carbocycles. The van der Waals surface area contributed by atoms with Crippen molar-refractivity contribution in [3.63, 3.8) is 0 Å². The van der Waals surface area contributed by atoms with E-state index in [2.05, 4.69) is 150 Å². The molecule has 0 spiro atoms. The molecule has 1 heterocycles. The van der Waals surface area contributed by atoms with Gasteiger partial charge in [-0.1, -0.05) is 127 Å². The van der Waals surface area contributed by atoms with Crippen LogP contribution in [0.2, 0.25) is 0 Å². The minimum Gasteiger partial charge on any atom is -0.294 e. The lowest BCUT2D eigenvalue weighted by molar-refractivity contribution is 1.20. The van der Waals surface area contributed by atoms with Gasteiger partial charge in [0.2, 0.25) is 0 Å². The zero-order valence-electron chi connectivity index (χ0n) is 22.4. The van der Waals surface area contributed by atoms with Gasteiger partial charge < -0.3 is 0 Å². The Morgan fingerprint density at radius 2 is 1.00 bits per heavy atom. The van der Waals surface area contributed by atoms with Gasteiger partial charge >= 0.3 is 0 Å². The molecule has 0 amide bonds. The third-order valence-electron chi connectivity index (χ3n) is 8.06. The fraction of sp³-hybridized carbons (Fsp3) is 0. The maximum absolute atomic E-state index is 4.87. The summed E-state index contributed by atoms with van der Waals surface area (Å²) in [6, 6.07) is 54.2. The van der Waals surface area contributed by atoms with Crippen LogP contribution in [0.3, 0.4) is 0 Å². The van der Waals surface area contributed by atoms with Crippen LogP contribution < -0.4 is 4.90 Å². The van der Waals surface area contributed by atoms with Crippen LogP contribution in [0, 0.1) is 0 Å². The number of anilines is 3. The summed E-state index contributed by atoms with van der Waals surface area (Å²) in [5.74, 6) is 0.885. The lowest BCUT2D eigenvalue weighted by Gasteiger charge is -2.29. The minimum absolute atomic E-state index is 0.885. The van der Waals surface area contributed by atoms with Gasteiger partial charge in [0.15, 0.2) is 0 Å². The summed E-state index contributed by atoms with van der Waals surface area (Å²) >= 11 is 0. The highest BCUT2D eigenvalue weighted by molar-refractivity contribution is 6.24. The van der Waals surface area contributed by atoms with Crippen molar-refractivity contribution in [3.05, 3.63) is 158 Å². The smallest absolute Gasteiger partial charge is 0.137 e. The first kappa shape index (κ1) is 23.4. The fourth-order valence-corrected chi connectivity index (χ4v) is 6.26. The van der Waals surface area contributed by atoms with Crippen LogP contribution in [0.5, 0.6) is 0 Å². The molecular formula is C39H26N2. The normalized spacial score (nSPS) is 11.4. The highest BCUT2D eigenvalue weighted by Crippen LogP contribution is 2.48. The first-order valence-electron chi connectivity index (χ1n) is 14.0. The monoisotopic (exact) mass is 522 g/mol. The molecule has 0 aliphatic rings. The maximum atomic E-state index is 4.87. The Labute approximate surface area is 238 Å². The number of hydrogen-bond acceptors (Lipinski definition) is 2. The lowest BCUT2D eigenvalue weighted by Crippen LogP contribution is -2.13. The number of pyridine rings is 1. The Hall–Kier alpha value is -5.47. The minimum atomic E-state index is 0.885. The second-order valence-electron chi connectivity index (χ2n) is 10.4. The molecule has 0 unspecified atom stereocenters. The van der Waals surface area contributed by atoms with Crippen molar-refractivity contribution >= 4 is 60.3 Å². The SMILES string of the molecule is c1ccc(N(c2ccc3ccccc3c2)c2c3ccccc3c(-c3cccc4ccccc34)c3ccccc23)nc1. The second-order valence-corrected chi connectivity index (χ2v) is 10.4. The first-order chi connectivity index (χ1) is 20.4. The quantitative estimate of drug-likeness (QED) is 0.214. The van der Waals surface area contributed by atoms with E-state index in [0.717, 1.165) is 17.2 Å². The highest BCUT2D eigenvalue weighted by atomic mass is 15.2. The van der Waals surface area contributed by atoms with Crippen molar-refractivity contribution in [1.29, 1.82) is 0 Å². The number of fused-ring (bicyclic) bond motifs is 4. The summed E-state index contributed by atoms with van der Waals surface area (Å²) < 4.78 is 0. The molecule has 0 N–H and O–H groups in total. The van der Waals surface area contributed by atoms with Gasteiger partial charge in [-0.3, -0.25) is 4.90 Å². The molecule has 8 aromatic rings. The molecule has 1 aromatic heterocycles. The van der Waals surface area contributed by atoms with Crippen LogP contribution in [-0.4, -0.2) is 4.98 Å². The average molecular weight is 523 g/mol. The van der Waals surface area contributed by atoms with E-state index >= 15 is 0 Å². The van der Waals surface area contributed by atoms with E-state index in [9.17, 15) is 0 Å². The van der Waals surface area contributed by atoms with Gasteiger partial charge in [-0.2, -0.15) is 0 Å². The standard InChI is InChI=1S/C39H26N2/c1-2-14-29-26-30(24-23-27(29)12-1)41(37-22-9-10-25-40-37)39-35-19-7-5-17-33(35)38(34-18-6-8-20-36(34)39)32-21-11-15-28-13-3-4-16-31(28)32/h1-26H. The molecule has 2 nitrogen and oxygen atoms in total. The summed E-state index contributed by atoms with van der Waals surface area (Å²) in [6.07, 6.45) is 1.87. The molecule has 0 fully saturated rings. The van der Waals surface area contributed by atoms with Crippen molar-refractivity contribution in [2.24, 2.45) is 0 Å². The van der Waals surface area contributed by atoms with Crippen molar-refractivity contribution in [3.8, 4) is 11.1 Å². The molecule has 0 aliphatic heterocycles. The van der Waals surface area contributed by atoms with E-state index in [-0.39, 0.29) is 0 Å². The predicted molar refractivity (Wildman–Crippen MR) is 174 cm³/mol. The van der Waals surface area contributed by atoms with Crippen LogP contribution in [0.4, 0.5) is 17.2 Å². The van der Waals surface area contributed by atoms with E-state index in [1.165, 1.54) is 54.2 Å². The van der Waals surface area contributed by atoms with Gasteiger partial charge in [0, 0.05) is 22.7 Å². The van der Waals surface area contributed by atoms with Crippen LogP contribution in [0.1, 0.15) is 0 Å². The molecule has 0 bridgehead atoms. The van der Waals surface area contributed by atoms with Crippen LogP contribution >= 0.6 is 0 Å². The number of hydrogen-bond donors (Lipinski definition) is 0. The van der Waals surface area contributed by atoms with Gasteiger partial charge in [-0.05, 0) is 67.7 Å². The molecular weight excluding hydrogens is 496 g/mol. The molecule has 2 heteroatoms. The topological polar surface area (TPSA) is 16.1 Å². The molecule has 0 saturated carbocycles. The van der Waals surface area contributed by atoms with Gasteiger partial charge in [0.05, 0.1) is 5.69 Å². The Morgan fingerprint density at radius 3 is 1.71 bits per heavy atom. The van der Waals surface area contributed by atoms with Gasteiger partial charge in [-0.15, -0.1) is 0 Å². The van der Waals surface area contributed by atoms with E-state index in [4.69, 9.17) is 4.98 Å². The summed E-state index contributed by atoms with van der Waals surface area (Å²) in [6.45, 7) is 0. The second kappa shape index (κ2) is 9.62. The molecule has 0 atom stereocenters. The summed E-state index contributed by atoms with van der Waals surface area (Å²) in [5, 5.41) is 9.74. The lowest BCUT2D eigenvalue weighted by atomic mass is 9.88. The molecule has 41 heavy (non-hydrogen) atoms. The van der Waals surface area contributed by atoms with E-state index in [1.54, 1.807) is 0 Å². The number of benzene rings is 7. The van der Waals surface area contributed by atoms with Gasteiger partial charge in [0.1, 0.15) is 5.82 Å². The van der Waals surface area contributed by atoms with Crippen LogP contribution in [-0.2, 0) is 0 Å². The molecule has 8 rings (SSSR count). The predicted octanol–water partition coefficient (Wildman–Crippen LogP) is 10.8. The van der Waals surface area contributed by atoms with E-state index in [1.807, 2.05) is 12.3 Å². The van der Waals surface area contributed by atoms with Gasteiger partial charge in [0.25, 0.3) is 0 Å². The largest absolute Gasteiger partial charge is 0.294 e. The Bertz CT molecular complexity index is 2150. The molecule has 0 saturated heterocycles. The zero-order valence-corrected chi connectivity index (χ0v) is 22.4. The molecule has 192 valence electrons. The Balaban J connectivity index is 1.52. The Kier molecular flexibility index (Phi) is 5.49. The highest BCUT2D eigenvalue weighted by Gasteiger charge is 2.23. The fourth-order valence-electron chi connectivity index (χ4n) is 6.26. The zero-order chi connectivity index (χ0) is 27.2. The van der Waals surface area contributed by atoms with Gasteiger partial charge in [-0.25, -0.2) is 4.98 Å². The summed E-state index contributed by atoms with van der Waals surface area (Å²) in [4.78, 5) is 7.20. The number of nitrogens with zero attached hydrogens (tertiary/aromatic N) is 2. The van der Waals surface area contributed by atoms with Crippen LogP contribution in [0.15, 0.2) is 158 Å². The third kappa shape index (κ3) is 3.84. The van der Waals surface area contributed by atoms with Crippen molar-refractivity contribution in [2.45, 2.75) is 0 Å². The van der Waals surface area contributed by atoms with Crippen molar-refractivity contribution < 1.29 is 0 Å². The van der Waals surface area contributed by atoms with Crippen molar-refractivity contribution in [1.82, 2.24) is 4.98 Å². The van der Waals surface area contributed by atoms with E-state index < -0.39 is 0 Å². The first-order valence-corrected chi connectivity index (χ1v) is 14.0. The number of aromatic nitrogens is 1. The summed E-state index contributed by atoms with van der Waals surface area (Å²) in [5.41, 5.74) is 4.72. The average Bonchev–Trinajstić information content (AvgIpc) is 3.05. The molecule has 7 aromatic carbocycles. The van der Waals surface area contributed by atoms with Crippen molar-refractivity contribution in [2.75, 3.05) is 4.90 Å². The third-order valence-corrected chi connectivity index (χ3v) is 8.06. The Morgan fingerprint density at radius 1 is 0.415 bits per heavy atom. The molecule has 0 radical (unpaired) electrons. The maximum Gasteiger partial charge on any atom is 0.137 e. The van der Waals surface area contributed by atoms with Crippen LogP contribution in [0.25, 0.3) is 54.2 Å². The number of rotatable bonds is 4. The summed E-state index contributed by atoms with van der Waals surface area (Å²) in [7, 11) is 0. The van der Waals surface area contributed by atoms with E-state index in [0.29, 0.717) is 0 Å².